The summed E-state index contributed by atoms with van der Waals surface area (Å²) in [6, 6.07) is 12.8. The van der Waals surface area contributed by atoms with Gasteiger partial charge in [-0.1, -0.05) is 24.3 Å². The third-order valence-electron chi connectivity index (χ3n) is 3.09. The van der Waals surface area contributed by atoms with Gasteiger partial charge in [0.2, 0.25) is 0 Å². The predicted molar refractivity (Wildman–Crippen MR) is 66.3 cm³/mol. The first-order valence-corrected chi connectivity index (χ1v) is 7.27. The summed E-state index contributed by atoms with van der Waals surface area (Å²) in [5.74, 6) is 0.218. The van der Waals surface area contributed by atoms with Crippen molar-refractivity contribution in [2.45, 2.75) is 0 Å². The average Bonchev–Trinajstić information content (AvgIpc) is 2.49. The Labute approximate surface area is 93.9 Å². The zero-order valence-electron chi connectivity index (χ0n) is 8.84. The molecule has 0 saturated heterocycles. The molecule has 80 valence electrons. The van der Waals surface area contributed by atoms with Gasteiger partial charge in [0.05, 0.1) is 0 Å². The molecule has 1 unspecified atom stereocenters. The van der Waals surface area contributed by atoms with E-state index in [0.29, 0.717) is 0 Å². The van der Waals surface area contributed by atoms with Gasteiger partial charge in [-0.2, -0.15) is 0 Å². The molecule has 1 heterocycles. The van der Waals surface area contributed by atoms with Crippen LogP contribution in [0.4, 0.5) is 0 Å². The molecule has 2 aromatic rings. The Bertz CT molecular complexity index is 632. The molecule has 3 heteroatoms. The molecule has 2 nitrogen and oxygen atoms in total. The molecule has 0 aliphatic carbocycles. The van der Waals surface area contributed by atoms with Crippen molar-refractivity contribution in [1.29, 1.82) is 0 Å². The number of rotatable bonds is 0. The summed E-state index contributed by atoms with van der Waals surface area (Å²) in [6.07, 6.45) is 0. The van der Waals surface area contributed by atoms with Crippen molar-refractivity contribution in [3.8, 4) is 16.9 Å². The molecule has 1 N–H and O–H groups in total. The molecule has 0 aromatic heterocycles. The molecule has 16 heavy (non-hydrogen) atoms. The number of fused-ring (bicyclic) bond motifs is 3. The Morgan fingerprint density at radius 2 is 1.69 bits per heavy atom. The van der Waals surface area contributed by atoms with Crippen LogP contribution in [-0.4, -0.2) is 11.8 Å². The predicted octanol–water partition coefficient (Wildman–Crippen LogP) is 2.32. The quantitative estimate of drug-likeness (QED) is 0.705. The highest BCUT2D eigenvalue weighted by atomic mass is 31.2. The molecule has 1 atom stereocenters. The SMILES string of the molecule is CP1(=O)c2ccccc2-c2cc(O)ccc21. The molecular formula is C13H11O2P. The van der Waals surface area contributed by atoms with Gasteiger partial charge in [-0.15, -0.1) is 0 Å². The van der Waals surface area contributed by atoms with E-state index < -0.39 is 7.14 Å². The number of aromatic hydroxyl groups is 1. The van der Waals surface area contributed by atoms with Gasteiger partial charge in [-0.3, -0.25) is 0 Å². The Balaban J connectivity index is 2.45. The van der Waals surface area contributed by atoms with Crippen LogP contribution in [-0.2, 0) is 4.57 Å². The van der Waals surface area contributed by atoms with E-state index in [1.165, 1.54) is 0 Å². The van der Waals surface area contributed by atoms with Gasteiger partial charge < -0.3 is 9.67 Å². The lowest BCUT2D eigenvalue weighted by atomic mass is 10.1. The summed E-state index contributed by atoms with van der Waals surface area (Å²) < 4.78 is 12.7. The molecule has 0 amide bonds. The molecule has 1 aliphatic heterocycles. The highest BCUT2D eigenvalue weighted by Gasteiger charge is 2.34. The first-order valence-electron chi connectivity index (χ1n) is 5.12. The first-order chi connectivity index (χ1) is 7.60. The van der Waals surface area contributed by atoms with E-state index in [0.717, 1.165) is 21.7 Å². The van der Waals surface area contributed by atoms with Crippen molar-refractivity contribution in [2.75, 3.05) is 6.66 Å². The lowest BCUT2D eigenvalue weighted by Gasteiger charge is -2.07. The van der Waals surface area contributed by atoms with Crippen molar-refractivity contribution >= 4 is 17.8 Å². The smallest absolute Gasteiger partial charge is 0.141 e. The maximum absolute atomic E-state index is 12.7. The largest absolute Gasteiger partial charge is 0.508 e. The van der Waals surface area contributed by atoms with E-state index >= 15 is 0 Å². The summed E-state index contributed by atoms with van der Waals surface area (Å²) in [5.41, 5.74) is 1.89. The van der Waals surface area contributed by atoms with Gasteiger partial charge in [0, 0.05) is 10.6 Å². The van der Waals surface area contributed by atoms with Crippen molar-refractivity contribution in [1.82, 2.24) is 0 Å². The van der Waals surface area contributed by atoms with Crippen LogP contribution in [0.1, 0.15) is 0 Å². The second-order valence-electron chi connectivity index (χ2n) is 4.14. The van der Waals surface area contributed by atoms with Crippen LogP contribution in [0.15, 0.2) is 42.5 Å². The van der Waals surface area contributed by atoms with E-state index in [1.807, 2.05) is 24.3 Å². The second kappa shape index (κ2) is 2.99. The molecular weight excluding hydrogens is 219 g/mol. The zero-order chi connectivity index (χ0) is 11.3. The van der Waals surface area contributed by atoms with Crippen LogP contribution in [0.3, 0.4) is 0 Å². The number of phenols is 1. The van der Waals surface area contributed by atoms with Crippen LogP contribution in [0.5, 0.6) is 5.75 Å². The molecule has 1 aliphatic rings. The fraction of sp³-hybridized carbons (Fsp3) is 0.0769. The molecule has 2 aromatic carbocycles. The summed E-state index contributed by atoms with van der Waals surface area (Å²) >= 11 is 0. The van der Waals surface area contributed by atoms with E-state index in [9.17, 15) is 9.67 Å². The summed E-state index contributed by atoms with van der Waals surface area (Å²) in [5, 5.41) is 11.3. The van der Waals surface area contributed by atoms with Crippen LogP contribution in [0.2, 0.25) is 0 Å². The maximum atomic E-state index is 12.7. The number of phenolic OH excluding ortho intramolecular Hbond substituents is 1. The summed E-state index contributed by atoms with van der Waals surface area (Å²) in [6.45, 7) is 1.79. The van der Waals surface area contributed by atoms with Gasteiger partial charge in [-0.05, 0) is 36.0 Å². The monoisotopic (exact) mass is 230 g/mol. The lowest BCUT2D eigenvalue weighted by molar-refractivity contribution is 0.476. The van der Waals surface area contributed by atoms with Gasteiger partial charge in [0.15, 0.2) is 0 Å². The third kappa shape index (κ3) is 1.11. The third-order valence-corrected chi connectivity index (χ3v) is 5.71. The minimum absolute atomic E-state index is 0.218. The lowest BCUT2D eigenvalue weighted by Crippen LogP contribution is -2.07. The Morgan fingerprint density at radius 3 is 2.50 bits per heavy atom. The molecule has 0 spiro atoms. The Morgan fingerprint density at radius 1 is 1.00 bits per heavy atom. The minimum atomic E-state index is -2.45. The van der Waals surface area contributed by atoms with Crippen LogP contribution in [0, 0.1) is 0 Å². The average molecular weight is 230 g/mol. The van der Waals surface area contributed by atoms with Gasteiger partial charge >= 0.3 is 0 Å². The number of hydrogen-bond acceptors (Lipinski definition) is 2. The van der Waals surface area contributed by atoms with E-state index in [4.69, 9.17) is 0 Å². The topological polar surface area (TPSA) is 37.3 Å². The van der Waals surface area contributed by atoms with Crippen LogP contribution < -0.4 is 10.6 Å². The van der Waals surface area contributed by atoms with Crippen molar-refractivity contribution in [2.24, 2.45) is 0 Å². The fourth-order valence-electron chi connectivity index (χ4n) is 2.32. The highest BCUT2D eigenvalue weighted by molar-refractivity contribution is 7.79. The van der Waals surface area contributed by atoms with Crippen molar-refractivity contribution in [3.63, 3.8) is 0 Å². The second-order valence-corrected chi connectivity index (χ2v) is 6.95. The molecule has 3 rings (SSSR count). The standard InChI is InChI=1S/C13H11O2P/c1-16(15)12-5-3-2-4-10(12)11-8-9(14)6-7-13(11)16/h2-8,14H,1H3. The Hall–Kier alpha value is -1.53. The molecule has 0 fully saturated rings. The Kier molecular flexibility index (Phi) is 1.81. The van der Waals surface area contributed by atoms with Crippen LogP contribution in [0.25, 0.3) is 11.1 Å². The van der Waals surface area contributed by atoms with Gasteiger partial charge in [0.25, 0.3) is 0 Å². The molecule has 0 radical (unpaired) electrons. The highest BCUT2D eigenvalue weighted by Crippen LogP contribution is 2.50. The number of benzene rings is 2. The fourth-order valence-corrected chi connectivity index (χ4v) is 4.60. The van der Waals surface area contributed by atoms with E-state index in [1.54, 1.807) is 24.9 Å². The van der Waals surface area contributed by atoms with Gasteiger partial charge in [-0.25, -0.2) is 0 Å². The molecule has 0 bridgehead atoms. The first kappa shape index (κ1) is 9.68. The summed E-state index contributed by atoms with van der Waals surface area (Å²) in [7, 11) is -2.45. The summed E-state index contributed by atoms with van der Waals surface area (Å²) in [4.78, 5) is 0. The van der Waals surface area contributed by atoms with Crippen LogP contribution >= 0.6 is 7.14 Å². The zero-order valence-corrected chi connectivity index (χ0v) is 9.74. The molecule has 0 saturated carbocycles. The van der Waals surface area contributed by atoms with Crippen molar-refractivity contribution in [3.05, 3.63) is 42.5 Å². The van der Waals surface area contributed by atoms with Gasteiger partial charge in [0.1, 0.15) is 12.9 Å². The van der Waals surface area contributed by atoms with E-state index in [2.05, 4.69) is 0 Å². The minimum Gasteiger partial charge on any atom is -0.508 e. The normalized spacial score (nSPS) is 21.6. The van der Waals surface area contributed by atoms with E-state index in [-0.39, 0.29) is 5.75 Å². The number of hydrogen-bond donors (Lipinski definition) is 1. The van der Waals surface area contributed by atoms with Crippen molar-refractivity contribution < 1.29 is 9.67 Å². The maximum Gasteiger partial charge on any atom is 0.141 e.